The summed E-state index contributed by atoms with van der Waals surface area (Å²) in [6.45, 7) is 4.23. The zero-order chi connectivity index (χ0) is 25.8. The van der Waals surface area contributed by atoms with Gasteiger partial charge >= 0.3 is 12.0 Å². The first-order chi connectivity index (χ1) is 18.0. The number of rotatable bonds is 7. The standard InChI is InChI=1S/C31H31N3O3/c1-21(27-13-7-11-22-10-5-6-12-28(22)27)32-18-25-19-34(20-29(25)23-8-3-2-4-9-23)31(37)33-26-16-14-24(15-17-26)30(35)36/h2-17,21,25,29,32H,18-20H2,1H3,(H,33,37)(H,35,36)/t21-,25+,29-/m1/s1. The fraction of sp³-hybridized carbons (Fsp3) is 0.226. The van der Waals surface area contributed by atoms with E-state index in [-0.39, 0.29) is 29.5 Å². The molecule has 4 aromatic rings. The highest BCUT2D eigenvalue weighted by molar-refractivity contribution is 5.92. The Kier molecular flexibility index (Phi) is 7.19. The van der Waals surface area contributed by atoms with Gasteiger partial charge in [-0.05, 0) is 59.0 Å². The van der Waals surface area contributed by atoms with E-state index in [1.807, 2.05) is 23.1 Å². The van der Waals surface area contributed by atoms with E-state index in [9.17, 15) is 9.59 Å². The van der Waals surface area contributed by atoms with Gasteiger partial charge in [0.25, 0.3) is 0 Å². The first kappa shape index (κ1) is 24.5. The van der Waals surface area contributed by atoms with Crippen molar-refractivity contribution >= 4 is 28.5 Å². The molecule has 0 radical (unpaired) electrons. The molecule has 3 N–H and O–H groups in total. The Morgan fingerprint density at radius 2 is 1.59 bits per heavy atom. The fourth-order valence-corrected chi connectivity index (χ4v) is 5.29. The highest BCUT2D eigenvalue weighted by Crippen LogP contribution is 2.33. The molecule has 1 aliphatic heterocycles. The molecule has 0 bridgehead atoms. The quantitative estimate of drug-likeness (QED) is 0.289. The molecule has 5 rings (SSSR count). The lowest BCUT2D eigenvalue weighted by Crippen LogP contribution is -2.34. The van der Waals surface area contributed by atoms with Crippen molar-refractivity contribution in [3.8, 4) is 0 Å². The number of aromatic carboxylic acids is 1. The number of likely N-dealkylation sites (tertiary alicyclic amines) is 1. The molecule has 1 saturated heterocycles. The lowest BCUT2D eigenvalue weighted by molar-refractivity contribution is 0.0697. The normalized spacial score (nSPS) is 18.0. The first-order valence-electron chi connectivity index (χ1n) is 12.6. The van der Waals surface area contributed by atoms with Crippen molar-refractivity contribution in [2.75, 3.05) is 25.0 Å². The van der Waals surface area contributed by atoms with E-state index < -0.39 is 5.97 Å². The van der Waals surface area contributed by atoms with Crippen LogP contribution in [0.1, 0.15) is 40.4 Å². The minimum atomic E-state index is -0.990. The van der Waals surface area contributed by atoms with Gasteiger partial charge in [-0.2, -0.15) is 0 Å². The van der Waals surface area contributed by atoms with Crippen LogP contribution in [0.3, 0.4) is 0 Å². The predicted molar refractivity (Wildman–Crippen MR) is 147 cm³/mol. The van der Waals surface area contributed by atoms with Crippen molar-refractivity contribution in [3.63, 3.8) is 0 Å². The smallest absolute Gasteiger partial charge is 0.335 e. The number of amides is 2. The van der Waals surface area contributed by atoms with Crippen LogP contribution in [0.15, 0.2) is 97.1 Å². The molecule has 0 aliphatic carbocycles. The van der Waals surface area contributed by atoms with Gasteiger partial charge in [0.2, 0.25) is 0 Å². The molecule has 1 fully saturated rings. The Bertz CT molecular complexity index is 1380. The highest BCUT2D eigenvalue weighted by atomic mass is 16.4. The van der Waals surface area contributed by atoms with Crippen molar-refractivity contribution in [2.45, 2.75) is 18.9 Å². The van der Waals surface area contributed by atoms with Gasteiger partial charge in [0.05, 0.1) is 5.56 Å². The number of carboxylic acid groups (broad SMARTS) is 1. The average Bonchev–Trinajstić information content (AvgIpc) is 3.37. The number of hydrogen-bond acceptors (Lipinski definition) is 3. The van der Waals surface area contributed by atoms with Gasteiger partial charge in [0.15, 0.2) is 0 Å². The largest absolute Gasteiger partial charge is 0.478 e. The number of nitrogens with zero attached hydrogens (tertiary/aromatic N) is 1. The summed E-state index contributed by atoms with van der Waals surface area (Å²) in [5, 5.41) is 18.3. The lowest BCUT2D eigenvalue weighted by atomic mass is 9.88. The van der Waals surface area contributed by atoms with Gasteiger partial charge in [0.1, 0.15) is 0 Å². The maximum absolute atomic E-state index is 13.1. The van der Waals surface area contributed by atoms with Crippen molar-refractivity contribution in [1.82, 2.24) is 10.2 Å². The second-order valence-electron chi connectivity index (χ2n) is 9.69. The van der Waals surface area contributed by atoms with Crippen LogP contribution < -0.4 is 10.6 Å². The minimum absolute atomic E-state index is 0.165. The Labute approximate surface area is 216 Å². The minimum Gasteiger partial charge on any atom is -0.478 e. The van der Waals surface area contributed by atoms with E-state index >= 15 is 0 Å². The summed E-state index contributed by atoms with van der Waals surface area (Å²) in [7, 11) is 0. The predicted octanol–water partition coefficient (Wildman–Crippen LogP) is 6.14. The van der Waals surface area contributed by atoms with Crippen LogP contribution in [0.4, 0.5) is 10.5 Å². The number of urea groups is 1. The van der Waals surface area contributed by atoms with E-state index in [4.69, 9.17) is 5.11 Å². The topological polar surface area (TPSA) is 81.7 Å². The van der Waals surface area contributed by atoms with Crippen LogP contribution in [0.25, 0.3) is 10.8 Å². The monoisotopic (exact) mass is 493 g/mol. The summed E-state index contributed by atoms with van der Waals surface area (Å²) in [6.07, 6.45) is 0. The van der Waals surface area contributed by atoms with E-state index in [2.05, 4.69) is 72.2 Å². The number of anilines is 1. The van der Waals surface area contributed by atoms with Crippen LogP contribution in [0, 0.1) is 5.92 Å². The molecular weight excluding hydrogens is 462 g/mol. The van der Waals surface area contributed by atoms with E-state index in [1.54, 1.807) is 12.1 Å². The summed E-state index contributed by atoms with van der Waals surface area (Å²) in [6, 6.07) is 31.5. The van der Waals surface area contributed by atoms with E-state index in [0.717, 1.165) is 6.54 Å². The molecule has 0 spiro atoms. The fourth-order valence-electron chi connectivity index (χ4n) is 5.29. The number of carbonyl (C=O) groups excluding carboxylic acids is 1. The molecule has 1 aliphatic rings. The Morgan fingerprint density at radius 3 is 2.35 bits per heavy atom. The number of benzene rings is 4. The van der Waals surface area contributed by atoms with E-state index in [1.165, 1.54) is 34.0 Å². The number of fused-ring (bicyclic) bond motifs is 1. The molecule has 6 nitrogen and oxygen atoms in total. The molecule has 37 heavy (non-hydrogen) atoms. The van der Waals surface area contributed by atoms with Crippen molar-refractivity contribution < 1.29 is 14.7 Å². The Hall–Kier alpha value is -4.16. The van der Waals surface area contributed by atoms with Crippen LogP contribution >= 0.6 is 0 Å². The van der Waals surface area contributed by atoms with Gasteiger partial charge in [-0.15, -0.1) is 0 Å². The number of nitrogens with one attached hydrogen (secondary N) is 2. The number of hydrogen-bond donors (Lipinski definition) is 3. The van der Waals surface area contributed by atoms with Gasteiger partial charge in [0, 0.05) is 37.3 Å². The van der Waals surface area contributed by atoms with Crippen molar-refractivity contribution in [3.05, 3.63) is 114 Å². The van der Waals surface area contributed by atoms with E-state index in [0.29, 0.717) is 18.8 Å². The molecular formula is C31H31N3O3. The molecule has 0 saturated carbocycles. The Balaban J connectivity index is 1.29. The third-order valence-corrected chi connectivity index (χ3v) is 7.32. The number of carboxylic acids is 1. The van der Waals surface area contributed by atoms with Crippen molar-refractivity contribution in [1.29, 1.82) is 0 Å². The third kappa shape index (κ3) is 5.49. The second kappa shape index (κ2) is 10.8. The van der Waals surface area contributed by atoms with Crippen LogP contribution in [0.2, 0.25) is 0 Å². The van der Waals surface area contributed by atoms with Crippen LogP contribution in [-0.4, -0.2) is 41.6 Å². The van der Waals surface area contributed by atoms with Gasteiger partial charge < -0.3 is 20.6 Å². The summed E-state index contributed by atoms with van der Waals surface area (Å²) in [4.78, 5) is 26.1. The van der Waals surface area contributed by atoms with Gasteiger partial charge in [-0.3, -0.25) is 0 Å². The zero-order valence-corrected chi connectivity index (χ0v) is 20.8. The highest BCUT2D eigenvalue weighted by Gasteiger charge is 2.36. The molecule has 3 atom stereocenters. The molecule has 2 amide bonds. The number of carbonyl (C=O) groups is 2. The Morgan fingerprint density at radius 1 is 0.892 bits per heavy atom. The molecule has 6 heteroatoms. The summed E-state index contributed by atoms with van der Waals surface area (Å²) in [5.74, 6) is -0.523. The molecule has 188 valence electrons. The maximum Gasteiger partial charge on any atom is 0.335 e. The van der Waals surface area contributed by atoms with Crippen LogP contribution in [0.5, 0.6) is 0 Å². The second-order valence-corrected chi connectivity index (χ2v) is 9.69. The SMILES string of the molecule is C[C@@H](NC[C@H]1CN(C(=O)Nc2ccc(C(=O)O)cc2)C[C@@H]1c1ccccc1)c1cccc2ccccc12. The summed E-state index contributed by atoms with van der Waals surface area (Å²) in [5.41, 5.74) is 3.27. The van der Waals surface area contributed by atoms with Crippen LogP contribution in [-0.2, 0) is 0 Å². The maximum atomic E-state index is 13.1. The van der Waals surface area contributed by atoms with Crippen molar-refractivity contribution in [2.24, 2.45) is 5.92 Å². The zero-order valence-electron chi connectivity index (χ0n) is 20.8. The molecule has 0 aromatic heterocycles. The summed E-state index contributed by atoms with van der Waals surface area (Å²) < 4.78 is 0. The first-order valence-corrected chi connectivity index (χ1v) is 12.6. The summed E-state index contributed by atoms with van der Waals surface area (Å²) >= 11 is 0. The van der Waals surface area contributed by atoms with Gasteiger partial charge in [-0.25, -0.2) is 9.59 Å². The lowest BCUT2D eigenvalue weighted by Gasteiger charge is -2.23. The molecule has 1 heterocycles. The molecule has 4 aromatic carbocycles. The third-order valence-electron chi connectivity index (χ3n) is 7.32. The average molecular weight is 494 g/mol. The van der Waals surface area contributed by atoms with Gasteiger partial charge in [-0.1, -0.05) is 72.8 Å². The molecule has 0 unspecified atom stereocenters.